The molecule has 1 rings (SSSR count). The minimum atomic E-state index is -4.29. The number of hydrogen-bond acceptors (Lipinski definition) is 1. The third kappa shape index (κ3) is 3.38. The molecule has 16 heavy (non-hydrogen) atoms. The number of hydrogen-bond donors (Lipinski definition) is 1. The van der Waals surface area contributed by atoms with Gasteiger partial charge < -0.3 is 5.32 Å². The van der Waals surface area contributed by atoms with Crippen LogP contribution in [0.15, 0.2) is 30.8 Å². The number of alkyl halides is 3. The highest BCUT2D eigenvalue weighted by molar-refractivity contribution is 5.64. The second-order valence-corrected chi connectivity index (χ2v) is 3.54. The van der Waals surface area contributed by atoms with Crippen molar-refractivity contribution in [3.63, 3.8) is 0 Å². The molecule has 1 aromatic carbocycles. The molecule has 1 aromatic rings. The van der Waals surface area contributed by atoms with Crippen LogP contribution in [-0.2, 0) is 6.18 Å². The van der Waals surface area contributed by atoms with Gasteiger partial charge in [-0.2, -0.15) is 13.2 Å². The van der Waals surface area contributed by atoms with E-state index in [4.69, 9.17) is 0 Å². The second kappa shape index (κ2) is 5.16. The molecule has 0 heterocycles. The highest BCUT2D eigenvalue weighted by Gasteiger charge is 2.30. The Morgan fingerprint density at radius 3 is 2.62 bits per heavy atom. The molecular formula is C12H14F3N. The van der Waals surface area contributed by atoms with Gasteiger partial charge in [-0.05, 0) is 43.3 Å². The summed E-state index contributed by atoms with van der Waals surface area (Å²) in [7, 11) is 1.79. The lowest BCUT2D eigenvalue weighted by molar-refractivity contribution is -0.137. The van der Waals surface area contributed by atoms with Gasteiger partial charge in [-0.3, -0.25) is 0 Å². The molecule has 0 aliphatic carbocycles. The summed E-state index contributed by atoms with van der Waals surface area (Å²) >= 11 is 0. The first-order valence-electron chi connectivity index (χ1n) is 4.95. The fourth-order valence-corrected chi connectivity index (χ4v) is 1.34. The van der Waals surface area contributed by atoms with Gasteiger partial charge in [0.05, 0.1) is 5.56 Å². The molecule has 0 spiro atoms. The molecule has 0 fully saturated rings. The van der Waals surface area contributed by atoms with Gasteiger partial charge in [0.15, 0.2) is 0 Å². The average molecular weight is 229 g/mol. The molecule has 0 aromatic heterocycles. The highest BCUT2D eigenvalue weighted by atomic mass is 19.4. The summed E-state index contributed by atoms with van der Waals surface area (Å²) < 4.78 is 37.3. The van der Waals surface area contributed by atoms with Gasteiger partial charge in [0, 0.05) is 0 Å². The molecule has 1 nitrogen and oxygen atoms in total. The van der Waals surface area contributed by atoms with E-state index in [1.807, 2.05) is 0 Å². The van der Waals surface area contributed by atoms with Crippen LogP contribution >= 0.6 is 0 Å². The van der Waals surface area contributed by atoms with Gasteiger partial charge in [0.25, 0.3) is 0 Å². The summed E-state index contributed by atoms with van der Waals surface area (Å²) in [5, 5.41) is 2.93. The minimum absolute atomic E-state index is 0.546. The van der Waals surface area contributed by atoms with Gasteiger partial charge in [-0.15, -0.1) is 0 Å². The Morgan fingerprint density at radius 2 is 2.06 bits per heavy atom. The maximum atomic E-state index is 12.4. The van der Waals surface area contributed by atoms with Crippen LogP contribution in [0.25, 0.3) is 5.57 Å². The smallest absolute Gasteiger partial charge is 0.319 e. The third-order valence-electron chi connectivity index (χ3n) is 2.27. The zero-order valence-corrected chi connectivity index (χ0v) is 9.06. The van der Waals surface area contributed by atoms with E-state index in [9.17, 15) is 13.2 Å². The predicted octanol–water partition coefficient (Wildman–Crippen LogP) is 3.33. The SMILES string of the molecule is C=C(CCNC)c1cccc(C(F)(F)F)c1. The minimum Gasteiger partial charge on any atom is -0.319 e. The summed E-state index contributed by atoms with van der Waals surface area (Å²) in [6, 6.07) is 5.25. The van der Waals surface area contributed by atoms with Gasteiger partial charge in [-0.1, -0.05) is 18.7 Å². The fourth-order valence-electron chi connectivity index (χ4n) is 1.34. The molecule has 0 amide bonds. The van der Waals surface area contributed by atoms with Crippen molar-refractivity contribution in [2.75, 3.05) is 13.6 Å². The highest BCUT2D eigenvalue weighted by Crippen LogP contribution is 2.31. The van der Waals surface area contributed by atoms with Crippen molar-refractivity contribution in [1.82, 2.24) is 5.32 Å². The van der Waals surface area contributed by atoms with E-state index in [2.05, 4.69) is 11.9 Å². The van der Waals surface area contributed by atoms with Crippen molar-refractivity contribution in [1.29, 1.82) is 0 Å². The Kier molecular flexibility index (Phi) is 4.12. The van der Waals surface area contributed by atoms with Crippen LogP contribution in [0.3, 0.4) is 0 Å². The van der Waals surface area contributed by atoms with Crippen molar-refractivity contribution < 1.29 is 13.2 Å². The van der Waals surface area contributed by atoms with E-state index >= 15 is 0 Å². The Labute approximate surface area is 93.0 Å². The first-order chi connectivity index (χ1) is 7.45. The van der Waals surface area contributed by atoms with Crippen LogP contribution in [0.2, 0.25) is 0 Å². The molecule has 0 aliphatic heterocycles. The summed E-state index contributed by atoms with van der Waals surface area (Å²) in [5.74, 6) is 0. The number of halogens is 3. The quantitative estimate of drug-likeness (QED) is 0.835. The molecule has 0 atom stereocenters. The molecule has 88 valence electrons. The van der Waals surface area contributed by atoms with E-state index in [1.54, 1.807) is 13.1 Å². The molecule has 0 saturated carbocycles. The van der Waals surface area contributed by atoms with E-state index in [0.717, 1.165) is 12.1 Å². The monoisotopic (exact) mass is 229 g/mol. The lowest BCUT2D eigenvalue weighted by atomic mass is 10.0. The van der Waals surface area contributed by atoms with Crippen molar-refractivity contribution in [2.45, 2.75) is 12.6 Å². The zero-order valence-electron chi connectivity index (χ0n) is 9.06. The Balaban J connectivity index is 2.86. The van der Waals surface area contributed by atoms with Crippen LogP contribution in [0.1, 0.15) is 17.5 Å². The number of nitrogens with one attached hydrogen (secondary N) is 1. The normalized spacial score (nSPS) is 11.5. The molecule has 0 bridgehead atoms. The summed E-state index contributed by atoms with van der Waals surface area (Å²) in [6.07, 6.45) is -3.66. The largest absolute Gasteiger partial charge is 0.416 e. The van der Waals surface area contributed by atoms with E-state index in [0.29, 0.717) is 24.1 Å². The van der Waals surface area contributed by atoms with Gasteiger partial charge >= 0.3 is 6.18 Å². The van der Waals surface area contributed by atoms with Gasteiger partial charge in [-0.25, -0.2) is 0 Å². The summed E-state index contributed by atoms with van der Waals surface area (Å²) in [4.78, 5) is 0. The van der Waals surface area contributed by atoms with Crippen molar-refractivity contribution in [3.8, 4) is 0 Å². The van der Waals surface area contributed by atoms with Crippen molar-refractivity contribution in [2.24, 2.45) is 0 Å². The zero-order chi connectivity index (χ0) is 12.2. The molecular weight excluding hydrogens is 215 g/mol. The molecule has 0 saturated heterocycles. The van der Waals surface area contributed by atoms with E-state index < -0.39 is 11.7 Å². The Morgan fingerprint density at radius 1 is 1.38 bits per heavy atom. The Hall–Kier alpha value is -1.29. The summed E-state index contributed by atoms with van der Waals surface area (Å²) in [5.41, 5.74) is 0.626. The third-order valence-corrected chi connectivity index (χ3v) is 2.27. The van der Waals surface area contributed by atoms with Crippen LogP contribution in [-0.4, -0.2) is 13.6 Å². The maximum Gasteiger partial charge on any atom is 0.416 e. The lowest BCUT2D eigenvalue weighted by Gasteiger charge is -2.10. The molecule has 0 aliphatic rings. The van der Waals surface area contributed by atoms with E-state index in [-0.39, 0.29) is 0 Å². The molecule has 1 N–H and O–H groups in total. The van der Waals surface area contributed by atoms with Crippen LogP contribution in [0.5, 0.6) is 0 Å². The van der Waals surface area contributed by atoms with E-state index in [1.165, 1.54) is 6.07 Å². The van der Waals surface area contributed by atoms with Gasteiger partial charge in [0.2, 0.25) is 0 Å². The van der Waals surface area contributed by atoms with Crippen LogP contribution in [0, 0.1) is 0 Å². The van der Waals surface area contributed by atoms with Crippen molar-refractivity contribution >= 4 is 5.57 Å². The molecule has 4 heteroatoms. The lowest BCUT2D eigenvalue weighted by Crippen LogP contribution is -2.08. The molecule has 0 unspecified atom stereocenters. The topological polar surface area (TPSA) is 12.0 Å². The average Bonchev–Trinajstić information content (AvgIpc) is 2.25. The number of benzene rings is 1. The number of rotatable bonds is 4. The van der Waals surface area contributed by atoms with Gasteiger partial charge in [0.1, 0.15) is 0 Å². The summed E-state index contributed by atoms with van der Waals surface area (Å²) in [6.45, 7) is 4.48. The maximum absolute atomic E-state index is 12.4. The predicted molar refractivity (Wildman–Crippen MR) is 59.0 cm³/mol. The van der Waals surface area contributed by atoms with Crippen molar-refractivity contribution in [3.05, 3.63) is 42.0 Å². The standard InChI is InChI=1S/C12H14F3N/c1-9(6-7-16-2)10-4-3-5-11(8-10)12(13,14)15/h3-5,8,16H,1,6-7H2,2H3. The van der Waals surface area contributed by atoms with Crippen LogP contribution in [0.4, 0.5) is 13.2 Å². The Bertz CT molecular complexity index is 369. The van der Waals surface area contributed by atoms with Crippen LogP contribution < -0.4 is 5.32 Å². The first-order valence-corrected chi connectivity index (χ1v) is 4.95. The second-order valence-electron chi connectivity index (χ2n) is 3.54. The first kappa shape index (κ1) is 12.8. The molecule has 0 radical (unpaired) electrons. The fraction of sp³-hybridized carbons (Fsp3) is 0.333.